The van der Waals surface area contributed by atoms with Crippen molar-refractivity contribution in [1.82, 2.24) is 14.8 Å². The molecule has 1 amide bonds. The van der Waals surface area contributed by atoms with Crippen molar-refractivity contribution in [2.75, 3.05) is 11.1 Å². The summed E-state index contributed by atoms with van der Waals surface area (Å²) in [6, 6.07) is 5.59. The number of carbonyl (C=O) groups is 1. The van der Waals surface area contributed by atoms with Crippen molar-refractivity contribution >= 4 is 23.4 Å². The zero-order valence-corrected chi connectivity index (χ0v) is 11.7. The second-order valence-corrected chi connectivity index (χ2v) is 4.95. The van der Waals surface area contributed by atoms with Crippen molar-refractivity contribution in [3.8, 4) is 0 Å². The summed E-state index contributed by atoms with van der Waals surface area (Å²) in [4.78, 5) is 11.8. The number of amides is 1. The van der Waals surface area contributed by atoms with Gasteiger partial charge < -0.3 is 15.6 Å². The molecule has 0 aliphatic heterocycles. The highest BCUT2D eigenvalue weighted by atomic mass is 32.2. The Bertz CT molecular complexity index is 598. The van der Waals surface area contributed by atoms with Crippen LogP contribution in [0.1, 0.15) is 5.82 Å². The fraction of sp³-hybridized carbons (Fsp3) is 0.250. The van der Waals surface area contributed by atoms with Gasteiger partial charge in [0.05, 0.1) is 12.3 Å². The van der Waals surface area contributed by atoms with Crippen LogP contribution in [0.15, 0.2) is 29.4 Å². The van der Waals surface area contributed by atoms with Gasteiger partial charge >= 0.3 is 0 Å². The van der Waals surface area contributed by atoms with E-state index in [0.29, 0.717) is 23.2 Å². The quantitative estimate of drug-likeness (QED) is 0.808. The minimum Gasteiger partial charge on any atom is -0.325 e. The molecule has 1 aromatic carbocycles. The van der Waals surface area contributed by atoms with E-state index in [-0.39, 0.29) is 17.5 Å². The largest absolute Gasteiger partial charge is 0.325 e. The van der Waals surface area contributed by atoms with Gasteiger partial charge in [0.15, 0.2) is 5.16 Å². The molecule has 3 N–H and O–H groups in total. The average molecular weight is 295 g/mol. The number of rotatable bonds is 5. The average Bonchev–Trinajstić information content (AvgIpc) is 2.79. The van der Waals surface area contributed by atoms with E-state index >= 15 is 0 Å². The number of halogens is 1. The van der Waals surface area contributed by atoms with Crippen LogP contribution >= 0.6 is 11.8 Å². The van der Waals surface area contributed by atoms with Crippen molar-refractivity contribution in [3.63, 3.8) is 0 Å². The molecule has 1 aromatic heterocycles. The van der Waals surface area contributed by atoms with Gasteiger partial charge in [-0.1, -0.05) is 11.8 Å². The summed E-state index contributed by atoms with van der Waals surface area (Å²) in [7, 11) is 1.79. The summed E-state index contributed by atoms with van der Waals surface area (Å²) in [5.74, 6) is 0.310. The van der Waals surface area contributed by atoms with Gasteiger partial charge in [-0.3, -0.25) is 4.79 Å². The monoisotopic (exact) mass is 295 g/mol. The molecule has 0 bridgehead atoms. The van der Waals surface area contributed by atoms with Gasteiger partial charge in [0.25, 0.3) is 0 Å². The van der Waals surface area contributed by atoms with Gasteiger partial charge in [-0.15, -0.1) is 10.2 Å². The molecular weight excluding hydrogens is 281 g/mol. The number of nitrogens with zero attached hydrogens (tertiary/aromatic N) is 3. The molecule has 6 nitrogen and oxygen atoms in total. The van der Waals surface area contributed by atoms with Gasteiger partial charge in [0.1, 0.15) is 11.6 Å². The van der Waals surface area contributed by atoms with Crippen LogP contribution in [0, 0.1) is 5.82 Å². The van der Waals surface area contributed by atoms with E-state index in [2.05, 4.69) is 15.5 Å². The molecule has 1 heterocycles. The lowest BCUT2D eigenvalue weighted by Gasteiger charge is -2.05. The van der Waals surface area contributed by atoms with Gasteiger partial charge in [0.2, 0.25) is 5.91 Å². The number of hydrogen-bond acceptors (Lipinski definition) is 5. The predicted octanol–water partition coefficient (Wildman–Crippen LogP) is 1.14. The Kier molecular flexibility index (Phi) is 4.70. The third-order valence-corrected chi connectivity index (χ3v) is 3.59. The highest BCUT2D eigenvalue weighted by Gasteiger charge is 2.10. The molecule has 0 spiro atoms. The number of thioether (sulfide) groups is 1. The first-order chi connectivity index (χ1) is 9.60. The van der Waals surface area contributed by atoms with E-state index in [9.17, 15) is 9.18 Å². The number of carbonyl (C=O) groups excluding carboxylic acids is 1. The molecule has 0 unspecified atom stereocenters. The van der Waals surface area contributed by atoms with E-state index in [1.807, 2.05) is 0 Å². The summed E-state index contributed by atoms with van der Waals surface area (Å²) < 4.78 is 14.5. The molecule has 20 heavy (non-hydrogen) atoms. The molecular formula is C12H14FN5OS. The van der Waals surface area contributed by atoms with E-state index in [0.717, 1.165) is 0 Å². The number of anilines is 1. The van der Waals surface area contributed by atoms with Crippen molar-refractivity contribution in [2.24, 2.45) is 12.8 Å². The fourth-order valence-corrected chi connectivity index (χ4v) is 2.24. The smallest absolute Gasteiger partial charge is 0.234 e. The molecule has 2 aromatic rings. The maximum atomic E-state index is 12.7. The molecule has 0 saturated heterocycles. The standard InChI is InChI=1S/C12H14FN5OS/c1-18-10(6-14)16-17-12(18)20-7-11(19)15-9-4-2-8(13)3-5-9/h2-5H,6-7,14H2,1H3,(H,15,19). The predicted molar refractivity (Wildman–Crippen MR) is 74.6 cm³/mol. The Balaban J connectivity index is 1.88. The van der Waals surface area contributed by atoms with E-state index in [1.54, 1.807) is 11.6 Å². The minimum absolute atomic E-state index is 0.188. The second-order valence-electron chi connectivity index (χ2n) is 4.01. The Morgan fingerprint density at radius 1 is 1.40 bits per heavy atom. The Hall–Kier alpha value is -1.93. The molecule has 8 heteroatoms. The normalized spacial score (nSPS) is 10.6. The maximum Gasteiger partial charge on any atom is 0.234 e. The maximum absolute atomic E-state index is 12.7. The van der Waals surface area contributed by atoms with Crippen LogP contribution in [0.25, 0.3) is 0 Å². The van der Waals surface area contributed by atoms with Crippen molar-refractivity contribution in [2.45, 2.75) is 11.7 Å². The number of nitrogens with two attached hydrogens (primary N) is 1. The van der Waals surface area contributed by atoms with Gasteiger partial charge in [-0.25, -0.2) is 4.39 Å². The summed E-state index contributed by atoms with van der Waals surface area (Å²) in [6.07, 6.45) is 0. The fourth-order valence-electron chi connectivity index (χ4n) is 1.51. The first-order valence-electron chi connectivity index (χ1n) is 5.86. The lowest BCUT2D eigenvalue weighted by atomic mass is 10.3. The molecule has 0 saturated carbocycles. The van der Waals surface area contributed by atoms with E-state index < -0.39 is 0 Å². The molecule has 0 radical (unpaired) electrons. The zero-order valence-electron chi connectivity index (χ0n) is 10.8. The number of hydrogen-bond donors (Lipinski definition) is 2. The Morgan fingerprint density at radius 2 is 2.10 bits per heavy atom. The number of aromatic nitrogens is 3. The second kappa shape index (κ2) is 6.49. The highest BCUT2D eigenvalue weighted by Crippen LogP contribution is 2.16. The summed E-state index contributed by atoms with van der Waals surface area (Å²) >= 11 is 1.26. The van der Waals surface area contributed by atoms with Crippen LogP contribution in [-0.2, 0) is 18.4 Å². The Morgan fingerprint density at radius 3 is 2.70 bits per heavy atom. The minimum atomic E-state index is -0.342. The van der Waals surface area contributed by atoms with E-state index in [1.165, 1.54) is 36.0 Å². The third-order valence-electron chi connectivity index (χ3n) is 2.57. The van der Waals surface area contributed by atoms with Gasteiger partial charge in [-0.05, 0) is 24.3 Å². The van der Waals surface area contributed by atoms with Crippen molar-refractivity contribution in [1.29, 1.82) is 0 Å². The molecule has 0 atom stereocenters. The van der Waals surface area contributed by atoms with Crippen LogP contribution in [0.4, 0.5) is 10.1 Å². The van der Waals surface area contributed by atoms with Crippen LogP contribution in [0.3, 0.4) is 0 Å². The molecule has 0 aliphatic carbocycles. The SMILES string of the molecule is Cn1c(CN)nnc1SCC(=O)Nc1ccc(F)cc1. The van der Waals surface area contributed by atoms with Crippen LogP contribution in [0.5, 0.6) is 0 Å². The van der Waals surface area contributed by atoms with Crippen LogP contribution in [0.2, 0.25) is 0 Å². The highest BCUT2D eigenvalue weighted by molar-refractivity contribution is 7.99. The third kappa shape index (κ3) is 3.55. The van der Waals surface area contributed by atoms with E-state index in [4.69, 9.17) is 5.73 Å². The molecule has 0 aliphatic rings. The summed E-state index contributed by atoms with van der Waals surface area (Å²) in [5, 5.41) is 11.1. The lowest BCUT2D eigenvalue weighted by molar-refractivity contribution is -0.113. The van der Waals surface area contributed by atoms with Gasteiger partial charge in [-0.2, -0.15) is 0 Å². The first-order valence-corrected chi connectivity index (χ1v) is 6.85. The summed E-state index contributed by atoms with van der Waals surface area (Å²) in [5.41, 5.74) is 6.05. The van der Waals surface area contributed by atoms with Crippen molar-refractivity contribution < 1.29 is 9.18 Å². The Labute approximate surface area is 119 Å². The molecule has 106 valence electrons. The molecule has 2 rings (SSSR count). The van der Waals surface area contributed by atoms with Crippen molar-refractivity contribution in [3.05, 3.63) is 35.9 Å². The van der Waals surface area contributed by atoms with Crippen LogP contribution < -0.4 is 11.1 Å². The summed E-state index contributed by atoms with van der Waals surface area (Å²) in [6.45, 7) is 0.297. The van der Waals surface area contributed by atoms with Gasteiger partial charge in [0, 0.05) is 12.7 Å². The topological polar surface area (TPSA) is 85.8 Å². The molecule has 0 fully saturated rings. The zero-order chi connectivity index (χ0) is 14.5. The lowest BCUT2D eigenvalue weighted by Crippen LogP contribution is -2.14. The van der Waals surface area contributed by atoms with Crippen LogP contribution in [-0.4, -0.2) is 26.4 Å². The number of benzene rings is 1. The first kappa shape index (κ1) is 14.5. The number of nitrogens with one attached hydrogen (secondary N) is 1.